The Morgan fingerprint density at radius 1 is 1.37 bits per heavy atom. The zero-order valence-electron chi connectivity index (χ0n) is 9.83. The number of hydrogen-bond acceptors (Lipinski definition) is 5. The zero-order chi connectivity index (χ0) is 13.9. The maximum atomic E-state index is 12.0. The molecule has 1 heterocycles. The van der Waals surface area contributed by atoms with Gasteiger partial charge in [-0.2, -0.15) is 5.26 Å². The van der Waals surface area contributed by atoms with Gasteiger partial charge in [0.05, 0.1) is 11.6 Å². The van der Waals surface area contributed by atoms with Crippen molar-refractivity contribution in [2.24, 2.45) is 0 Å². The summed E-state index contributed by atoms with van der Waals surface area (Å²) in [5, 5.41) is 10.3. The number of hydrogen-bond donors (Lipinski definition) is 2. The van der Waals surface area contributed by atoms with Crippen molar-refractivity contribution >= 4 is 27.0 Å². The van der Waals surface area contributed by atoms with E-state index < -0.39 is 10.0 Å². The first-order valence-electron chi connectivity index (χ1n) is 5.34. The van der Waals surface area contributed by atoms with Gasteiger partial charge in [0.25, 0.3) is 0 Å². The number of nitrogen functional groups attached to an aromatic ring is 1. The molecule has 0 bridgehead atoms. The van der Waals surface area contributed by atoms with E-state index in [9.17, 15) is 8.42 Å². The number of nitrogens with zero attached hydrogens (tertiary/aromatic N) is 1. The Bertz CT molecular complexity index is 729. The predicted molar refractivity (Wildman–Crippen MR) is 73.9 cm³/mol. The van der Waals surface area contributed by atoms with Gasteiger partial charge < -0.3 is 5.73 Å². The minimum absolute atomic E-state index is 0.135. The average Bonchev–Trinajstić information content (AvgIpc) is 2.84. The number of rotatable bonds is 4. The Balaban J connectivity index is 2.12. The highest BCUT2D eigenvalue weighted by molar-refractivity contribution is 7.91. The SMILES string of the molecule is N#Cc1cccc(CNS(=O)(=O)c2cc(N)cs2)c1. The number of nitriles is 1. The molecule has 0 atom stereocenters. The van der Waals surface area contributed by atoms with Gasteiger partial charge in [0.15, 0.2) is 0 Å². The van der Waals surface area contributed by atoms with Crippen molar-refractivity contribution in [3.8, 4) is 6.07 Å². The van der Waals surface area contributed by atoms with Crippen LogP contribution in [0.25, 0.3) is 0 Å². The van der Waals surface area contributed by atoms with E-state index >= 15 is 0 Å². The molecule has 2 rings (SSSR count). The first-order valence-corrected chi connectivity index (χ1v) is 7.70. The molecule has 98 valence electrons. The van der Waals surface area contributed by atoms with Crippen molar-refractivity contribution in [1.29, 1.82) is 5.26 Å². The minimum Gasteiger partial charge on any atom is -0.398 e. The molecule has 0 saturated carbocycles. The number of anilines is 1. The Morgan fingerprint density at radius 3 is 2.79 bits per heavy atom. The quantitative estimate of drug-likeness (QED) is 0.896. The third-order valence-corrected chi connectivity index (χ3v) is 5.24. The van der Waals surface area contributed by atoms with Crippen molar-refractivity contribution in [2.45, 2.75) is 10.8 Å². The summed E-state index contributed by atoms with van der Waals surface area (Å²) >= 11 is 1.07. The maximum Gasteiger partial charge on any atom is 0.250 e. The largest absolute Gasteiger partial charge is 0.398 e. The van der Waals surface area contributed by atoms with E-state index in [1.165, 1.54) is 6.07 Å². The summed E-state index contributed by atoms with van der Waals surface area (Å²) in [4.78, 5) is 0. The molecule has 0 aliphatic rings. The fraction of sp³-hybridized carbons (Fsp3) is 0.0833. The van der Waals surface area contributed by atoms with Crippen LogP contribution in [0.2, 0.25) is 0 Å². The Kier molecular flexibility index (Phi) is 3.85. The zero-order valence-corrected chi connectivity index (χ0v) is 11.5. The van der Waals surface area contributed by atoms with E-state index in [-0.39, 0.29) is 10.8 Å². The number of sulfonamides is 1. The summed E-state index contributed by atoms with van der Waals surface area (Å²) < 4.78 is 26.6. The second kappa shape index (κ2) is 5.40. The van der Waals surface area contributed by atoms with Gasteiger partial charge in [-0.05, 0) is 23.8 Å². The van der Waals surface area contributed by atoms with Crippen LogP contribution in [0.1, 0.15) is 11.1 Å². The number of thiophene rings is 1. The van der Waals surface area contributed by atoms with Crippen molar-refractivity contribution in [1.82, 2.24) is 4.72 Å². The second-order valence-electron chi connectivity index (χ2n) is 3.84. The summed E-state index contributed by atoms with van der Waals surface area (Å²) in [6.07, 6.45) is 0. The van der Waals surface area contributed by atoms with Crippen molar-refractivity contribution in [3.05, 3.63) is 46.8 Å². The predicted octanol–water partition coefficient (Wildman–Crippen LogP) is 1.68. The van der Waals surface area contributed by atoms with Crippen molar-refractivity contribution in [3.63, 3.8) is 0 Å². The Morgan fingerprint density at radius 2 is 2.16 bits per heavy atom. The van der Waals surface area contributed by atoms with E-state index in [0.717, 1.165) is 16.9 Å². The van der Waals surface area contributed by atoms with Crippen LogP contribution < -0.4 is 10.5 Å². The van der Waals surface area contributed by atoms with Gasteiger partial charge in [0.1, 0.15) is 4.21 Å². The standard InChI is InChI=1S/C12H11N3O2S2/c13-6-9-2-1-3-10(4-9)7-15-19(16,17)12-5-11(14)8-18-12/h1-5,8,15H,7,14H2. The molecule has 1 aromatic carbocycles. The van der Waals surface area contributed by atoms with Crippen LogP contribution in [0.5, 0.6) is 0 Å². The summed E-state index contributed by atoms with van der Waals surface area (Å²) in [7, 11) is -3.55. The number of nitrogens with one attached hydrogen (secondary N) is 1. The monoisotopic (exact) mass is 293 g/mol. The second-order valence-corrected chi connectivity index (χ2v) is 6.74. The van der Waals surface area contributed by atoms with Gasteiger partial charge in [0, 0.05) is 17.6 Å². The van der Waals surface area contributed by atoms with Gasteiger partial charge in [0.2, 0.25) is 10.0 Å². The molecule has 0 aliphatic heterocycles. The minimum atomic E-state index is -3.55. The molecule has 1 aromatic heterocycles. The van der Waals surface area contributed by atoms with Crippen LogP contribution in [0.15, 0.2) is 39.9 Å². The summed E-state index contributed by atoms with van der Waals surface area (Å²) in [5.74, 6) is 0. The van der Waals surface area contributed by atoms with E-state index in [1.807, 2.05) is 6.07 Å². The van der Waals surface area contributed by atoms with E-state index in [0.29, 0.717) is 11.3 Å². The molecule has 0 radical (unpaired) electrons. The molecule has 0 aliphatic carbocycles. The molecule has 0 amide bonds. The molecule has 19 heavy (non-hydrogen) atoms. The van der Waals surface area contributed by atoms with Gasteiger partial charge >= 0.3 is 0 Å². The van der Waals surface area contributed by atoms with Crippen LogP contribution in [-0.4, -0.2) is 8.42 Å². The molecular weight excluding hydrogens is 282 g/mol. The molecule has 0 saturated heterocycles. The lowest BCUT2D eigenvalue weighted by atomic mass is 10.1. The molecule has 3 N–H and O–H groups in total. The number of benzene rings is 1. The number of nitrogens with two attached hydrogens (primary N) is 1. The Hall–Kier alpha value is -1.88. The lowest BCUT2D eigenvalue weighted by molar-refractivity contribution is 0.583. The average molecular weight is 293 g/mol. The summed E-state index contributed by atoms with van der Waals surface area (Å²) in [6.45, 7) is 0.135. The van der Waals surface area contributed by atoms with Gasteiger partial charge in [-0.1, -0.05) is 12.1 Å². The molecule has 7 heteroatoms. The van der Waals surface area contributed by atoms with Gasteiger partial charge in [-0.15, -0.1) is 11.3 Å². The van der Waals surface area contributed by atoms with Crippen LogP contribution in [0.4, 0.5) is 5.69 Å². The Labute approximate surface area is 115 Å². The lowest BCUT2D eigenvalue weighted by Crippen LogP contribution is -2.22. The van der Waals surface area contributed by atoms with Gasteiger partial charge in [-0.3, -0.25) is 0 Å². The van der Waals surface area contributed by atoms with E-state index in [4.69, 9.17) is 11.0 Å². The highest BCUT2D eigenvalue weighted by Gasteiger charge is 2.15. The fourth-order valence-electron chi connectivity index (χ4n) is 1.47. The van der Waals surface area contributed by atoms with Crippen molar-refractivity contribution < 1.29 is 8.42 Å². The third kappa shape index (κ3) is 3.32. The maximum absolute atomic E-state index is 12.0. The molecule has 0 unspecified atom stereocenters. The molecule has 0 fully saturated rings. The van der Waals surface area contributed by atoms with E-state index in [2.05, 4.69) is 4.72 Å². The van der Waals surface area contributed by atoms with Gasteiger partial charge in [-0.25, -0.2) is 13.1 Å². The van der Waals surface area contributed by atoms with E-state index in [1.54, 1.807) is 29.6 Å². The topological polar surface area (TPSA) is 96.0 Å². The highest BCUT2D eigenvalue weighted by atomic mass is 32.2. The summed E-state index contributed by atoms with van der Waals surface area (Å²) in [6, 6.07) is 10.2. The third-order valence-electron chi connectivity index (χ3n) is 2.38. The first kappa shape index (κ1) is 13.5. The molecule has 0 spiro atoms. The summed E-state index contributed by atoms with van der Waals surface area (Å²) in [5.41, 5.74) is 7.16. The molecule has 2 aromatic rings. The van der Waals surface area contributed by atoms with Crippen LogP contribution in [0.3, 0.4) is 0 Å². The smallest absolute Gasteiger partial charge is 0.250 e. The van der Waals surface area contributed by atoms with Crippen LogP contribution in [0, 0.1) is 11.3 Å². The van der Waals surface area contributed by atoms with Crippen LogP contribution >= 0.6 is 11.3 Å². The molecular formula is C12H11N3O2S2. The lowest BCUT2D eigenvalue weighted by Gasteiger charge is -2.05. The fourth-order valence-corrected chi connectivity index (χ4v) is 3.61. The highest BCUT2D eigenvalue weighted by Crippen LogP contribution is 2.21. The van der Waals surface area contributed by atoms with Crippen molar-refractivity contribution in [2.75, 3.05) is 5.73 Å². The van der Waals surface area contributed by atoms with Crippen LogP contribution in [-0.2, 0) is 16.6 Å². The first-order chi connectivity index (χ1) is 9.01. The normalized spacial score (nSPS) is 11.1. The molecule has 5 nitrogen and oxygen atoms in total.